The molecular formula is C13H19NO3. The van der Waals surface area contributed by atoms with Gasteiger partial charge in [0.15, 0.2) is 0 Å². The van der Waals surface area contributed by atoms with Crippen molar-refractivity contribution < 1.29 is 14.3 Å². The lowest BCUT2D eigenvalue weighted by Crippen LogP contribution is -2.17. The number of nitrogen functional groups attached to an aromatic ring is 1. The SMILES string of the molecule is COCCC(C)OC(=O)c1ccc(C)c(N)c1. The minimum atomic E-state index is -0.347. The zero-order valence-electron chi connectivity index (χ0n) is 10.5. The van der Waals surface area contributed by atoms with E-state index in [-0.39, 0.29) is 12.1 Å². The molecular weight excluding hydrogens is 218 g/mol. The highest BCUT2D eigenvalue weighted by Crippen LogP contribution is 2.14. The van der Waals surface area contributed by atoms with Crippen LogP contribution in [-0.4, -0.2) is 25.8 Å². The van der Waals surface area contributed by atoms with Gasteiger partial charge in [-0.3, -0.25) is 0 Å². The zero-order valence-corrected chi connectivity index (χ0v) is 10.5. The van der Waals surface area contributed by atoms with Crippen LogP contribution in [0.15, 0.2) is 18.2 Å². The number of benzene rings is 1. The standard InChI is InChI=1S/C13H19NO3/c1-9-4-5-11(8-12(9)14)13(15)17-10(2)6-7-16-3/h4-5,8,10H,6-7,14H2,1-3H3. The molecule has 0 spiro atoms. The number of anilines is 1. The maximum Gasteiger partial charge on any atom is 0.338 e. The van der Waals surface area contributed by atoms with E-state index in [1.807, 2.05) is 19.9 Å². The largest absolute Gasteiger partial charge is 0.459 e. The first-order valence-electron chi connectivity index (χ1n) is 5.60. The molecule has 1 aromatic rings. The predicted octanol–water partition coefficient (Wildman–Crippen LogP) is 2.16. The van der Waals surface area contributed by atoms with Gasteiger partial charge in [-0.25, -0.2) is 4.79 Å². The molecule has 1 rings (SSSR count). The van der Waals surface area contributed by atoms with Crippen LogP contribution in [0.1, 0.15) is 29.3 Å². The second-order valence-electron chi connectivity index (χ2n) is 4.07. The Morgan fingerprint density at radius 1 is 1.47 bits per heavy atom. The third kappa shape index (κ3) is 4.07. The summed E-state index contributed by atoms with van der Waals surface area (Å²) in [6.07, 6.45) is 0.522. The molecule has 1 aromatic carbocycles. The Hall–Kier alpha value is -1.55. The molecule has 4 heteroatoms. The van der Waals surface area contributed by atoms with E-state index in [2.05, 4.69) is 0 Å². The van der Waals surface area contributed by atoms with Gasteiger partial charge in [0.25, 0.3) is 0 Å². The van der Waals surface area contributed by atoms with E-state index in [4.69, 9.17) is 15.2 Å². The monoisotopic (exact) mass is 237 g/mol. The molecule has 4 nitrogen and oxygen atoms in total. The fourth-order valence-electron chi connectivity index (χ4n) is 1.36. The van der Waals surface area contributed by atoms with E-state index in [9.17, 15) is 4.79 Å². The molecule has 0 aliphatic carbocycles. The van der Waals surface area contributed by atoms with Crippen molar-refractivity contribution in [3.63, 3.8) is 0 Å². The van der Waals surface area contributed by atoms with E-state index in [0.29, 0.717) is 24.3 Å². The molecule has 0 aromatic heterocycles. The lowest BCUT2D eigenvalue weighted by atomic mass is 10.1. The first-order chi connectivity index (χ1) is 8.04. The highest BCUT2D eigenvalue weighted by atomic mass is 16.5. The fraction of sp³-hybridized carbons (Fsp3) is 0.462. The van der Waals surface area contributed by atoms with Gasteiger partial charge in [0.1, 0.15) is 6.10 Å². The molecule has 0 heterocycles. The second-order valence-corrected chi connectivity index (χ2v) is 4.07. The van der Waals surface area contributed by atoms with Gasteiger partial charge in [-0.2, -0.15) is 0 Å². The molecule has 1 unspecified atom stereocenters. The fourth-order valence-corrected chi connectivity index (χ4v) is 1.36. The quantitative estimate of drug-likeness (QED) is 0.629. The average Bonchev–Trinajstić information content (AvgIpc) is 2.30. The van der Waals surface area contributed by atoms with Crippen LogP contribution in [0.25, 0.3) is 0 Å². The van der Waals surface area contributed by atoms with Gasteiger partial charge >= 0.3 is 5.97 Å². The number of methoxy groups -OCH3 is 1. The second kappa shape index (κ2) is 6.25. The molecule has 0 aliphatic heterocycles. The first kappa shape index (κ1) is 13.5. The molecule has 0 aliphatic rings. The highest BCUT2D eigenvalue weighted by molar-refractivity contribution is 5.90. The van der Waals surface area contributed by atoms with Crippen molar-refractivity contribution in [3.05, 3.63) is 29.3 Å². The minimum absolute atomic E-state index is 0.162. The topological polar surface area (TPSA) is 61.5 Å². The number of rotatable bonds is 5. The van der Waals surface area contributed by atoms with Gasteiger partial charge in [-0.15, -0.1) is 0 Å². The molecule has 94 valence electrons. The van der Waals surface area contributed by atoms with Crippen LogP contribution in [-0.2, 0) is 9.47 Å². The lowest BCUT2D eigenvalue weighted by Gasteiger charge is -2.13. The molecule has 2 N–H and O–H groups in total. The molecule has 17 heavy (non-hydrogen) atoms. The number of ether oxygens (including phenoxy) is 2. The summed E-state index contributed by atoms with van der Waals surface area (Å²) in [5.74, 6) is -0.347. The van der Waals surface area contributed by atoms with Crippen molar-refractivity contribution in [1.29, 1.82) is 0 Å². The van der Waals surface area contributed by atoms with Gasteiger partial charge in [-0.1, -0.05) is 6.07 Å². The molecule has 0 amide bonds. The number of esters is 1. The van der Waals surface area contributed by atoms with Gasteiger partial charge in [-0.05, 0) is 31.5 Å². The van der Waals surface area contributed by atoms with Crippen molar-refractivity contribution in [1.82, 2.24) is 0 Å². The van der Waals surface area contributed by atoms with Crippen molar-refractivity contribution in [2.75, 3.05) is 19.5 Å². The van der Waals surface area contributed by atoms with Crippen LogP contribution in [0.3, 0.4) is 0 Å². The lowest BCUT2D eigenvalue weighted by molar-refractivity contribution is 0.0267. The van der Waals surface area contributed by atoms with Crippen molar-refractivity contribution in [2.45, 2.75) is 26.4 Å². The van der Waals surface area contributed by atoms with Crippen LogP contribution in [0.2, 0.25) is 0 Å². The Bertz CT molecular complexity index is 390. The number of aryl methyl sites for hydroxylation is 1. The summed E-state index contributed by atoms with van der Waals surface area (Å²) in [6, 6.07) is 5.17. The van der Waals surface area contributed by atoms with Crippen molar-refractivity contribution >= 4 is 11.7 Å². The summed E-state index contributed by atoms with van der Waals surface area (Å²) in [7, 11) is 1.62. The normalized spacial score (nSPS) is 12.2. The molecule has 0 radical (unpaired) electrons. The zero-order chi connectivity index (χ0) is 12.8. The van der Waals surface area contributed by atoms with E-state index in [0.717, 1.165) is 5.56 Å². The Kier molecular flexibility index (Phi) is 4.97. The van der Waals surface area contributed by atoms with Gasteiger partial charge < -0.3 is 15.2 Å². The van der Waals surface area contributed by atoms with Crippen molar-refractivity contribution in [2.24, 2.45) is 0 Å². The Morgan fingerprint density at radius 3 is 2.76 bits per heavy atom. The molecule has 1 atom stereocenters. The number of hydrogen-bond acceptors (Lipinski definition) is 4. The summed E-state index contributed by atoms with van der Waals surface area (Å²) < 4.78 is 10.2. The third-order valence-electron chi connectivity index (χ3n) is 2.55. The van der Waals surface area contributed by atoms with E-state index >= 15 is 0 Å². The van der Waals surface area contributed by atoms with Crippen molar-refractivity contribution in [3.8, 4) is 0 Å². The summed E-state index contributed by atoms with van der Waals surface area (Å²) >= 11 is 0. The predicted molar refractivity (Wildman–Crippen MR) is 67.0 cm³/mol. The smallest absolute Gasteiger partial charge is 0.338 e. The highest BCUT2D eigenvalue weighted by Gasteiger charge is 2.12. The van der Waals surface area contributed by atoms with E-state index in [1.54, 1.807) is 19.2 Å². The Balaban J connectivity index is 2.60. The maximum absolute atomic E-state index is 11.8. The number of carbonyl (C=O) groups is 1. The third-order valence-corrected chi connectivity index (χ3v) is 2.55. The van der Waals surface area contributed by atoms with Gasteiger partial charge in [0.2, 0.25) is 0 Å². The summed E-state index contributed by atoms with van der Waals surface area (Å²) in [5.41, 5.74) is 7.78. The summed E-state index contributed by atoms with van der Waals surface area (Å²) in [6.45, 7) is 4.31. The number of hydrogen-bond donors (Lipinski definition) is 1. The first-order valence-corrected chi connectivity index (χ1v) is 5.60. The Morgan fingerprint density at radius 2 is 2.18 bits per heavy atom. The summed E-state index contributed by atoms with van der Waals surface area (Å²) in [5, 5.41) is 0. The van der Waals surface area contributed by atoms with Crippen LogP contribution in [0.4, 0.5) is 5.69 Å². The molecule has 0 fully saturated rings. The van der Waals surface area contributed by atoms with Gasteiger partial charge in [0, 0.05) is 25.8 Å². The van der Waals surface area contributed by atoms with Gasteiger partial charge in [0.05, 0.1) is 5.56 Å². The number of nitrogens with two attached hydrogens (primary N) is 1. The van der Waals surface area contributed by atoms with E-state index in [1.165, 1.54) is 0 Å². The molecule has 0 bridgehead atoms. The number of carbonyl (C=O) groups excluding carboxylic acids is 1. The van der Waals surface area contributed by atoms with Crippen LogP contribution in [0, 0.1) is 6.92 Å². The van der Waals surface area contributed by atoms with Crippen LogP contribution >= 0.6 is 0 Å². The van der Waals surface area contributed by atoms with E-state index < -0.39 is 0 Å². The van der Waals surface area contributed by atoms with Crippen LogP contribution in [0.5, 0.6) is 0 Å². The maximum atomic E-state index is 11.8. The molecule has 0 saturated carbocycles. The molecule has 0 saturated heterocycles. The Labute approximate surface area is 102 Å². The van der Waals surface area contributed by atoms with Crippen LogP contribution < -0.4 is 5.73 Å². The summed E-state index contributed by atoms with van der Waals surface area (Å²) in [4.78, 5) is 11.8. The minimum Gasteiger partial charge on any atom is -0.459 e. The average molecular weight is 237 g/mol.